The summed E-state index contributed by atoms with van der Waals surface area (Å²) in [4.78, 5) is 0. The van der Waals surface area contributed by atoms with Gasteiger partial charge in [0.25, 0.3) is 0 Å². The van der Waals surface area contributed by atoms with E-state index < -0.39 is 6.36 Å². The van der Waals surface area contributed by atoms with Crippen molar-refractivity contribution in [2.75, 3.05) is 6.61 Å². The zero-order chi connectivity index (χ0) is 9.73. The average Bonchev–Trinajstić information content (AvgIpc) is 2.04. The molecule has 0 atom stereocenters. The van der Waals surface area contributed by atoms with Gasteiger partial charge in [0.2, 0.25) is 0 Å². The van der Waals surface area contributed by atoms with Gasteiger partial charge < -0.3 is 0 Å². The van der Waals surface area contributed by atoms with Gasteiger partial charge in [0.1, 0.15) is 0 Å². The Morgan fingerprint density at radius 2 is 1.69 bits per heavy atom. The Balaban J connectivity index is 2.29. The molecule has 0 saturated carbocycles. The molecule has 1 aromatic rings. The molecule has 0 aliphatic rings. The van der Waals surface area contributed by atoms with Crippen LogP contribution in [0.25, 0.3) is 0 Å². The van der Waals surface area contributed by atoms with Gasteiger partial charge in [0.15, 0.2) is 0 Å². The number of halogens is 3. The molecule has 72 valence electrons. The summed E-state index contributed by atoms with van der Waals surface area (Å²) in [6.07, 6.45) is -4.24. The van der Waals surface area contributed by atoms with Crippen molar-refractivity contribution >= 4 is 0 Å². The maximum Gasteiger partial charge on any atom is 0.522 e. The van der Waals surface area contributed by atoms with E-state index >= 15 is 0 Å². The van der Waals surface area contributed by atoms with Crippen molar-refractivity contribution in [2.45, 2.75) is 12.8 Å². The highest BCUT2D eigenvalue weighted by Crippen LogP contribution is 2.16. The molecule has 0 aliphatic carbocycles. The van der Waals surface area contributed by atoms with Gasteiger partial charge in [-0.2, -0.15) is 0 Å². The van der Waals surface area contributed by atoms with Crippen LogP contribution >= 0.6 is 0 Å². The summed E-state index contributed by atoms with van der Waals surface area (Å²) < 4.78 is 38.2. The van der Waals surface area contributed by atoms with Crippen molar-refractivity contribution in [1.82, 2.24) is 0 Å². The molecule has 1 rings (SSSR count). The maximum atomic E-state index is 11.5. The molecule has 0 saturated heterocycles. The summed E-state index contributed by atoms with van der Waals surface area (Å²) in [5.74, 6) is 0. The van der Waals surface area contributed by atoms with Crippen molar-refractivity contribution in [3.8, 4) is 0 Å². The van der Waals surface area contributed by atoms with Crippen LogP contribution in [-0.2, 0) is 11.2 Å². The topological polar surface area (TPSA) is 9.23 Å². The van der Waals surface area contributed by atoms with E-state index in [-0.39, 0.29) is 13.0 Å². The van der Waals surface area contributed by atoms with Crippen molar-refractivity contribution in [3.05, 3.63) is 35.9 Å². The SMILES string of the molecule is FC(F)(F)OCCc1ccccc1. The lowest BCUT2D eigenvalue weighted by atomic mass is 10.2. The fourth-order valence-corrected chi connectivity index (χ4v) is 0.929. The molecule has 4 heteroatoms. The second kappa shape index (κ2) is 4.28. The number of hydrogen-bond acceptors (Lipinski definition) is 1. The van der Waals surface area contributed by atoms with Crippen molar-refractivity contribution in [2.24, 2.45) is 0 Å². The van der Waals surface area contributed by atoms with Gasteiger partial charge >= 0.3 is 6.36 Å². The number of ether oxygens (including phenoxy) is 1. The number of alkyl halides is 3. The molecular weight excluding hydrogens is 181 g/mol. The van der Waals surface area contributed by atoms with E-state index in [9.17, 15) is 13.2 Å². The first-order valence-corrected chi connectivity index (χ1v) is 3.82. The van der Waals surface area contributed by atoms with Crippen LogP contribution in [-0.4, -0.2) is 13.0 Å². The largest absolute Gasteiger partial charge is 0.522 e. The summed E-state index contributed by atoms with van der Waals surface area (Å²) in [6.45, 7) is -0.326. The minimum Gasteiger partial charge on any atom is -0.292 e. The van der Waals surface area contributed by atoms with E-state index in [1.807, 2.05) is 6.07 Å². The summed E-state index contributed by atoms with van der Waals surface area (Å²) in [7, 11) is 0. The van der Waals surface area contributed by atoms with Crippen LogP contribution in [0.15, 0.2) is 30.3 Å². The number of benzene rings is 1. The fourth-order valence-electron chi connectivity index (χ4n) is 0.929. The van der Waals surface area contributed by atoms with Crippen LogP contribution in [0, 0.1) is 0 Å². The lowest BCUT2D eigenvalue weighted by molar-refractivity contribution is -0.324. The zero-order valence-electron chi connectivity index (χ0n) is 6.84. The highest BCUT2D eigenvalue weighted by molar-refractivity contribution is 5.14. The minimum absolute atomic E-state index is 0.278. The molecule has 0 amide bonds. The van der Waals surface area contributed by atoms with Crippen molar-refractivity contribution in [3.63, 3.8) is 0 Å². The first-order chi connectivity index (χ1) is 6.08. The first kappa shape index (κ1) is 10.1. The monoisotopic (exact) mass is 190 g/mol. The van der Waals surface area contributed by atoms with Gasteiger partial charge in [0.05, 0.1) is 6.61 Å². The van der Waals surface area contributed by atoms with E-state index in [1.54, 1.807) is 24.3 Å². The van der Waals surface area contributed by atoms with Crippen LogP contribution in [0.1, 0.15) is 5.56 Å². The van der Waals surface area contributed by atoms with Gasteiger partial charge in [-0.05, 0) is 12.0 Å². The summed E-state index contributed by atoms with van der Waals surface area (Å²) >= 11 is 0. The molecule has 0 aromatic heterocycles. The Morgan fingerprint density at radius 3 is 2.23 bits per heavy atom. The minimum atomic E-state index is -4.52. The highest BCUT2D eigenvalue weighted by Gasteiger charge is 2.28. The van der Waals surface area contributed by atoms with E-state index in [1.165, 1.54) is 0 Å². The lowest BCUT2D eigenvalue weighted by Gasteiger charge is -2.06. The van der Waals surface area contributed by atoms with Gasteiger partial charge in [-0.25, -0.2) is 0 Å². The number of rotatable bonds is 3. The zero-order valence-corrected chi connectivity index (χ0v) is 6.84. The van der Waals surface area contributed by atoms with Crippen molar-refractivity contribution < 1.29 is 17.9 Å². The van der Waals surface area contributed by atoms with Gasteiger partial charge in [0, 0.05) is 0 Å². The molecule has 1 aromatic carbocycles. The summed E-state index contributed by atoms with van der Waals surface area (Å²) in [5.41, 5.74) is 0.840. The van der Waals surface area contributed by atoms with Crippen LogP contribution in [0.3, 0.4) is 0 Å². The smallest absolute Gasteiger partial charge is 0.292 e. The molecule has 0 bridgehead atoms. The molecule has 0 unspecified atom stereocenters. The predicted molar refractivity (Wildman–Crippen MR) is 42.2 cm³/mol. The summed E-state index contributed by atoms with van der Waals surface area (Å²) in [5, 5.41) is 0. The normalized spacial score (nSPS) is 11.6. The lowest BCUT2D eigenvalue weighted by Crippen LogP contribution is -2.15. The van der Waals surface area contributed by atoms with E-state index in [4.69, 9.17) is 0 Å². The van der Waals surface area contributed by atoms with Crippen LogP contribution in [0.2, 0.25) is 0 Å². The molecule has 0 fully saturated rings. The molecular formula is C9H9F3O. The third-order valence-corrected chi connectivity index (χ3v) is 1.50. The second-order valence-electron chi connectivity index (χ2n) is 2.53. The quantitative estimate of drug-likeness (QED) is 0.712. The average molecular weight is 190 g/mol. The standard InChI is InChI=1S/C9H9F3O/c10-9(11,12)13-7-6-8-4-2-1-3-5-8/h1-5H,6-7H2. The van der Waals surface area contributed by atoms with Gasteiger partial charge in [-0.3, -0.25) is 4.74 Å². The Labute approximate surface area is 74.1 Å². The molecule has 0 N–H and O–H groups in total. The number of hydrogen-bond donors (Lipinski definition) is 0. The van der Waals surface area contributed by atoms with Gasteiger partial charge in [-0.15, -0.1) is 13.2 Å². The van der Waals surface area contributed by atoms with Gasteiger partial charge in [-0.1, -0.05) is 30.3 Å². The predicted octanol–water partition coefficient (Wildman–Crippen LogP) is 2.77. The molecule has 0 heterocycles. The fraction of sp³-hybridized carbons (Fsp3) is 0.333. The van der Waals surface area contributed by atoms with Crippen LogP contribution in [0.4, 0.5) is 13.2 Å². The molecule has 0 spiro atoms. The van der Waals surface area contributed by atoms with Crippen LogP contribution < -0.4 is 0 Å². The first-order valence-electron chi connectivity index (χ1n) is 3.82. The van der Waals surface area contributed by atoms with Crippen molar-refractivity contribution in [1.29, 1.82) is 0 Å². The Bertz CT molecular complexity index is 243. The Morgan fingerprint density at radius 1 is 1.08 bits per heavy atom. The van der Waals surface area contributed by atoms with E-state index in [2.05, 4.69) is 4.74 Å². The highest BCUT2D eigenvalue weighted by atomic mass is 19.4. The molecule has 0 radical (unpaired) electrons. The van der Waals surface area contributed by atoms with E-state index in [0.29, 0.717) is 0 Å². The van der Waals surface area contributed by atoms with Crippen LogP contribution in [0.5, 0.6) is 0 Å². The Kier molecular flexibility index (Phi) is 3.31. The second-order valence-corrected chi connectivity index (χ2v) is 2.53. The van der Waals surface area contributed by atoms with E-state index in [0.717, 1.165) is 5.56 Å². The molecule has 1 nitrogen and oxygen atoms in total. The third kappa shape index (κ3) is 4.52. The maximum absolute atomic E-state index is 11.5. The molecule has 13 heavy (non-hydrogen) atoms. The third-order valence-electron chi connectivity index (χ3n) is 1.50. The Hall–Kier alpha value is -1.03. The summed E-state index contributed by atoms with van der Waals surface area (Å²) in [6, 6.07) is 8.90. The molecule has 0 aliphatic heterocycles.